The predicted octanol–water partition coefficient (Wildman–Crippen LogP) is 3.64. The molecule has 0 aliphatic carbocycles. The van der Waals surface area contributed by atoms with Gasteiger partial charge in [-0.25, -0.2) is 0 Å². The van der Waals surface area contributed by atoms with E-state index in [9.17, 15) is 0 Å². The highest BCUT2D eigenvalue weighted by Gasteiger charge is 2.17. The first-order chi connectivity index (χ1) is 9.24. The lowest BCUT2D eigenvalue weighted by molar-refractivity contribution is 0.174. The SMILES string of the molecule is Cc1cccnc1CC(Cl)c1ccc2c(c1)OCO2. The third-order valence-electron chi connectivity index (χ3n) is 3.25. The fourth-order valence-electron chi connectivity index (χ4n) is 2.13. The monoisotopic (exact) mass is 275 g/mol. The van der Waals surface area contributed by atoms with Gasteiger partial charge in [-0.2, -0.15) is 0 Å². The van der Waals surface area contributed by atoms with Crippen molar-refractivity contribution in [1.29, 1.82) is 0 Å². The van der Waals surface area contributed by atoms with Gasteiger partial charge in [0, 0.05) is 18.3 Å². The van der Waals surface area contributed by atoms with Gasteiger partial charge in [-0.15, -0.1) is 11.6 Å². The van der Waals surface area contributed by atoms with E-state index in [1.54, 1.807) is 6.20 Å². The topological polar surface area (TPSA) is 31.4 Å². The molecule has 98 valence electrons. The maximum absolute atomic E-state index is 6.48. The average Bonchev–Trinajstić information content (AvgIpc) is 2.88. The van der Waals surface area contributed by atoms with Crippen molar-refractivity contribution in [2.45, 2.75) is 18.7 Å². The van der Waals surface area contributed by atoms with Crippen LogP contribution in [0.4, 0.5) is 0 Å². The third kappa shape index (κ3) is 2.51. The molecule has 1 atom stereocenters. The molecular weight excluding hydrogens is 262 g/mol. The number of ether oxygens (including phenoxy) is 2. The van der Waals surface area contributed by atoms with Crippen LogP contribution in [0.25, 0.3) is 0 Å². The van der Waals surface area contributed by atoms with E-state index < -0.39 is 0 Å². The number of aryl methyl sites for hydroxylation is 1. The number of nitrogens with zero attached hydrogens (tertiary/aromatic N) is 1. The van der Waals surface area contributed by atoms with Gasteiger partial charge in [-0.3, -0.25) is 4.98 Å². The molecule has 0 bridgehead atoms. The lowest BCUT2D eigenvalue weighted by Gasteiger charge is -2.11. The van der Waals surface area contributed by atoms with Gasteiger partial charge in [-0.05, 0) is 36.2 Å². The van der Waals surface area contributed by atoms with Crippen molar-refractivity contribution < 1.29 is 9.47 Å². The Bertz CT molecular complexity index is 600. The molecule has 0 saturated carbocycles. The van der Waals surface area contributed by atoms with Gasteiger partial charge in [0.2, 0.25) is 6.79 Å². The second-order valence-corrected chi connectivity index (χ2v) is 5.08. The Kier molecular flexibility index (Phi) is 3.30. The highest BCUT2D eigenvalue weighted by molar-refractivity contribution is 6.20. The number of alkyl halides is 1. The average molecular weight is 276 g/mol. The summed E-state index contributed by atoms with van der Waals surface area (Å²) >= 11 is 6.48. The number of rotatable bonds is 3. The molecule has 1 aliphatic heterocycles. The highest BCUT2D eigenvalue weighted by atomic mass is 35.5. The molecule has 0 amide bonds. The largest absolute Gasteiger partial charge is 0.454 e. The quantitative estimate of drug-likeness (QED) is 0.802. The lowest BCUT2D eigenvalue weighted by atomic mass is 10.0. The minimum absolute atomic E-state index is 0.122. The number of benzene rings is 1. The Morgan fingerprint density at radius 3 is 2.95 bits per heavy atom. The molecular formula is C15H14ClNO2. The van der Waals surface area contributed by atoms with Crippen LogP contribution in [-0.2, 0) is 6.42 Å². The van der Waals surface area contributed by atoms with Crippen LogP contribution < -0.4 is 9.47 Å². The number of pyridine rings is 1. The van der Waals surface area contributed by atoms with Crippen LogP contribution in [0.1, 0.15) is 22.2 Å². The number of fused-ring (bicyclic) bond motifs is 1. The number of hydrogen-bond acceptors (Lipinski definition) is 3. The van der Waals surface area contributed by atoms with Crippen LogP contribution >= 0.6 is 11.6 Å². The van der Waals surface area contributed by atoms with Crippen LogP contribution in [-0.4, -0.2) is 11.8 Å². The molecule has 2 heterocycles. The van der Waals surface area contributed by atoms with Crippen molar-refractivity contribution in [3.63, 3.8) is 0 Å². The minimum Gasteiger partial charge on any atom is -0.454 e. The smallest absolute Gasteiger partial charge is 0.231 e. The molecule has 0 saturated heterocycles. The summed E-state index contributed by atoms with van der Waals surface area (Å²) in [5.41, 5.74) is 3.21. The summed E-state index contributed by atoms with van der Waals surface area (Å²) in [5.74, 6) is 1.54. The molecule has 1 unspecified atom stereocenters. The Balaban J connectivity index is 1.81. The Morgan fingerprint density at radius 1 is 1.26 bits per heavy atom. The number of hydrogen-bond donors (Lipinski definition) is 0. The van der Waals surface area contributed by atoms with Gasteiger partial charge < -0.3 is 9.47 Å². The Labute approximate surface area is 117 Å². The lowest BCUT2D eigenvalue weighted by Crippen LogP contribution is -2.00. The van der Waals surface area contributed by atoms with Crippen LogP contribution in [0.15, 0.2) is 36.5 Å². The summed E-state index contributed by atoms with van der Waals surface area (Å²) in [6.45, 7) is 2.33. The van der Waals surface area contributed by atoms with E-state index in [4.69, 9.17) is 21.1 Å². The van der Waals surface area contributed by atoms with Gasteiger partial charge in [-0.1, -0.05) is 12.1 Å². The molecule has 1 aliphatic rings. The molecule has 19 heavy (non-hydrogen) atoms. The van der Waals surface area contributed by atoms with Crippen molar-refractivity contribution in [2.75, 3.05) is 6.79 Å². The molecule has 4 heteroatoms. The molecule has 3 nitrogen and oxygen atoms in total. The zero-order valence-electron chi connectivity index (χ0n) is 10.6. The summed E-state index contributed by atoms with van der Waals surface area (Å²) in [6.07, 6.45) is 2.50. The molecule has 0 N–H and O–H groups in total. The first kappa shape index (κ1) is 12.3. The van der Waals surface area contributed by atoms with Gasteiger partial charge in [0.25, 0.3) is 0 Å². The second-order valence-electron chi connectivity index (χ2n) is 4.55. The maximum atomic E-state index is 6.48. The molecule has 0 radical (unpaired) electrons. The van der Waals surface area contributed by atoms with Gasteiger partial charge >= 0.3 is 0 Å². The third-order valence-corrected chi connectivity index (χ3v) is 3.66. The maximum Gasteiger partial charge on any atom is 0.231 e. The van der Waals surface area contributed by atoms with Crippen LogP contribution in [0.3, 0.4) is 0 Å². The first-order valence-corrected chi connectivity index (χ1v) is 6.62. The Hall–Kier alpha value is -1.74. The van der Waals surface area contributed by atoms with Gasteiger partial charge in [0.1, 0.15) is 0 Å². The standard InChI is InChI=1S/C15H14ClNO2/c1-10-3-2-6-17-13(10)8-12(16)11-4-5-14-15(7-11)19-9-18-14/h2-7,12H,8-9H2,1H3. The van der Waals surface area contributed by atoms with E-state index >= 15 is 0 Å². The van der Waals surface area contributed by atoms with Crippen LogP contribution in [0.2, 0.25) is 0 Å². The van der Waals surface area contributed by atoms with E-state index in [2.05, 4.69) is 4.98 Å². The zero-order valence-corrected chi connectivity index (χ0v) is 11.4. The molecule has 0 spiro atoms. The van der Waals surface area contributed by atoms with E-state index in [1.807, 2.05) is 37.3 Å². The van der Waals surface area contributed by atoms with Crippen molar-refractivity contribution in [3.05, 3.63) is 53.3 Å². The van der Waals surface area contributed by atoms with E-state index in [0.717, 1.165) is 28.3 Å². The highest BCUT2D eigenvalue weighted by Crippen LogP contribution is 2.36. The summed E-state index contributed by atoms with van der Waals surface area (Å²) in [5, 5.41) is -0.122. The van der Waals surface area contributed by atoms with E-state index in [0.29, 0.717) is 6.42 Å². The normalized spacial score (nSPS) is 14.4. The summed E-state index contributed by atoms with van der Waals surface area (Å²) in [6, 6.07) is 9.80. The second kappa shape index (κ2) is 5.10. The van der Waals surface area contributed by atoms with Crippen molar-refractivity contribution in [1.82, 2.24) is 4.98 Å². The fourth-order valence-corrected chi connectivity index (χ4v) is 2.41. The molecule has 2 aromatic rings. The summed E-state index contributed by atoms with van der Waals surface area (Å²) < 4.78 is 10.7. The number of halogens is 1. The van der Waals surface area contributed by atoms with Crippen molar-refractivity contribution >= 4 is 11.6 Å². The van der Waals surface area contributed by atoms with E-state index in [-0.39, 0.29) is 12.2 Å². The molecule has 1 aromatic carbocycles. The molecule has 0 fully saturated rings. The molecule has 3 rings (SSSR count). The minimum atomic E-state index is -0.122. The molecule has 1 aromatic heterocycles. The predicted molar refractivity (Wildman–Crippen MR) is 73.8 cm³/mol. The van der Waals surface area contributed by atoms with Gasteiger partial charge in [0.05, 0.1) is 5.38 Å². The van der Waals surface area contributed by atoms with Crippen molar-refractivity contribution in [3.8, 4) is 11.5 Å². The first-order valence-electron chi connectivity index (χ1n) is 6.18. The van der Waals surface area contributed by atoms with Crippen LogP contribution in [0.5, 0.6) is 11.5 Å². The Morgan fingerprint density at radius 2 is 2.11 bits per heavy atom. The fraction of sp³-hybridized carbons (Fsp3) is 0.267. The summed E-state index contributed by atoms with van der Waals surface area (Å²) in [7, 11) is 0. The van der Waals surface area contributed by atoms with Crippen molar-refractivity contribution in [2.24, 2.45) is 0 Å². The van der Waals surface area contributed by atoms with Crippen LogP contribution in [0, 0.1) is 6.92 Å². The van der Waals surface area contributed by atoms with E-state index in [1.165, 1.54) is 0 Å². The zero-order chi connectivity index (χ0) is 13.2. The number of aromatic nitrogens is 1. The van der Waals surface area contributed by atoms with Gasteiger partial charge in [0.15, 0.2) is 11.5 Å². The summed E-state index contributed by atoms with van der Waals surface area (Å²) in [4.78, 5) is 4.38.